The molecule has 2 N–H and O–H groups in total. The molecular weight excluding hydrogens is 494 g/mol. The second-order valence-electron chi connectivity index (χ2n) is 8.50. The molecule has 4 aromatic carbocycles. The molecule has 0 aliphatic rings. The molecule has 6 aromatic rings. The van der Waals surface area contributed by atoms with Gasteiger partial charge in [0.2, 0.25) is 5.91 Å². The van der Waals surface area contributed by atoms with Crippen LogP contribution in [0.3, 0.4) is 0 Å². The van der Waals surface area contributed by atoms with Crippen LogP contribution in [0.15, 0.2) is 121 Å². The van der Waals surface area contributed by atoms with Gasteiger partial charge in [0, 0.05) is 40.1 Å². The summed E-state index contributed by atoms with van der Waals surface area (Å²) in [6.07, 6.45) is 1.94. The molecule has 0 radical (unpaired) electrons. The number of nitrogens with zero attached hydrogens (tertiary/aromatic N) is 3. The number of fused-ring (bicyclic) bond motifs is 1. The first kappa shape index (κ1) is 23.6. The van der Waals surface area contributed by atoms with Gasteiger partial charge in [0.15, 0.2) is 11.0 Å². The van der Waals surface area contributed by atoms with E-state index in [0.717, 1.165) is 27.9 Å². The second-order valence-corrected chi connectivity index (χ2v) is 9.45. The summed E-state index contributed by atoms with van der Waals surface area (Å²) in [5.74, 6) is 2.11. The molecule has 6 rings (SSSR count). The van der Waals surface area contributed by atoms with Crippen molar-refractivity contribution in [1.82, 2.24) is 19.7 Å². The Labute approximate surface area is 223 Å². The Morgan fingerprint density at radius 3 is 2.42 bits per heavy atom. The van der Waals surface area contributed by atoms with E-state index in [1.807, 2.05) is 108 Å². The van der Waals surface area contributed by atoms with Crippen molar-refractivity contribution in [3.8, 4) is 28.6 Å². The fourth-order valence-electron chi connectivity index (χ4n) is 4.19. The number of rotatable bonds is 8. The zero-order chi connectivity index (χ0) is 25.7. The summed E-state index contributed by atoms with van der Waals surface area (Å²) in [4.78, 5) is 16.2. The average Bonchev–Trinajstić information content (AvgIpc) is 3.57. The molecule has 0 unspecified atom stereocenters. The predicted molar refractivity (Wildman–Crippen MR) is 151 cm³/mol. The first-order valence-corrected chi connectivity index (χ1v) is 13.1. The van der Waals surface area contributed by atoms with Crippen molar-refractivity contribution in [1.29, 1.82) is 0 Å². The SMILES string of the molecule is O=C(CSc1nnc(-c2c[nH]c3ccccc23)n1-c1ccccc1)Nc1cccc(Oc2ccccc2)c1. The molecule has 0 saturated heterocycles. The van der Waals surface area contributed by atoms with Crippen LogP contribution in [0.2, 0.25) is 0 Å². The molecule has 186 valence electrons. The number of H-pyrrole nitrogens is 1. The number of thioether (sulfide) groups is 1. The zero-order valence-corrected chi connectivity index (χ0v) is 21.1. The van der Waals surface area contributed by atoms with E-state index in [1.165, 1.54) is 11.8 Å². The highest BCUT2D eigenvalue weighted by atomic mass is 32.2. The summed E-state index contributed by atoms with van der Waals surface area (Å²) in [5, 5.41) is 13.6. The number of hydrogen-bond donors (Lipinski definition) is 2. The van der Waals surface area contributed by atoms with Gasteiger partial charge in [0.05, 0.1) is 5.75 Å². The van der Waals surface area contributed by atoms with Gasteiger partial charge < -0.3 is 15.0 Å². The molecule has 1 amide bonds. The maximum absolute atomic E-state index is 12.9. The van der Waals surface area contributed by atoms with Crippen molar-refractivity contribution in [3.63, 3.8) is 0 Å². The van der Waals surface area contributed by atoms with E-state index in [4.69, 9.17) is 4.74 Å². The Bertz CT molecular complexity index is 1700. The number of ether oxygens (including phenoxy) is 1. The van der Waals surface area contributed by atoms with Crippen molar-refractivity contribution < 1.29 is 9.53 Å². The lowest BCUT2D eigenvalue weighted by Crippen LogP contribution is -2.14. The highest BCUT2D eigenvalue weighted by molar-refractivity contribution is 7.99. The van der Waals surface area contributed by atoms with Gasteiger partial charge in [-0.25, -0.2) is 0 Å². The van der Waals surface area contributed by atoms with Gasteiger partial charge >= 0.3 is 0 Å². The summed E-state index contributed by atoms with van der Waals surface area (Å²) in [5.41, 5.74) is 3.56. The molecule has 0 aliphatic heterocycles. The van der Waals surface area contributed by atoms with E-state index < -0.39 is 0 Å². The summed E-state index contributed by atoms with van der Waals surface area (Å²) < 4.78 is 7.87. The van der Waals surface area contributed by atoms with Crippen LogP contribution in [0.25, 0.3) is 28.0 Å². The van der Waals surface area contributed by atoms with Gasteiger partial charge in [-0.2, -0.15) is 0 Å². The number of aromatic nitrogens is 4. The summed E-state index contributed by atoms with van der Waals surface area (Å²) in [7, 11) is 0. The Morgan fingerprint density at radius 1 is 0.842 bits per heavy atom. The van der Waals surface area contributed by atoms with Crippen LogP contribution in [0.5, 0.6) is 11.5 Å². The molecule has 0 spiro atoms. The molecule has 2 heterocycles. The maximum atomic E-state index is 12.9. The van der Waals surface area contributed by atoms with E-state index in [0.29, 0.717) is 22.4 Å². The number of carbonyl (C=O) groups is 1. The number of aromatic amines is 1. The quantitative estimate of drug-likeness (QED) is 0.214. The zero-order valence-electron chi connectivity index (χ0n) is 20.2. The average molecular weight is 518 g/mol. The monoisotopic (exact) mass is 517 g/mol. The molecule has 0 aliphatic carbocycles. The van der Waals surface area contributed by atoms with E-state index in [9.17, 15) is 4.79 Å². The normalized spacial score (nSPS) is 10.9. The number of amides is 1. The van der Waals surface area contributed by atoms with Crippen LogP contribution < -0.4 is 10.1 Å². The minimum atomic E-state index is -0.150. The minimum absolute atomic E-state index is 0.150. The largest absolute Gasteiger partial charge is 0.457 e. The molecule has 0 saturated carbocycles. The lowest BCUT2D eigenvalue weighted by atomic mass is 10.1. The Balaban J connectivity index is 1.21. The van der Waals surface area contributed by atoms with Gasteiger partial charge in [-0.15, -0.1) is 10.2 Å². The molecule has 0 atom stereocenters. The summed E-state index contributed by atoms with van der Waals surface area (Å²) in [6, 6.07) is 34.9. The van der Waals surface area contributed by atoms with Crippen LogP contribution in [0.1, 0.15) is 0 Å². The van der Waals surface area contributed by atoms with Gasteiger partial charge in [-0.1, -0.05) is 72.4 Å². The fourth-order valence-corrected chi connectivity index (χ4v) is 4.95. The third-order valence-electron chi connectivity index (χ3n) is 5.91. The Morgan fingerprint density at radius 2 is 1.58 bits per heavy atom. The Kier molecular flexibility index (Phi) is 6.61. The highest BCUT2D eigenvalue weighted by Crippen LogP contribution is 2.32. The third-order valence-corrected chi connectivity index (χ3v) is 6.84. The van der Waals surface area contributed by atoms with Gasteiger partial charge in [0.1, 0.15) is 11.5 Å². The first-order valence-electron chi connectivity index (χ1n) is 12.1. The van der Waals surface area contributed by atoms with Crippen LogP contribution >= 0.6 is 11.8 Å². The second kappa shape index (κ2) is 10.7. The number of benzene rings is 4. The molecule has 7 nitrogen and oxygen atoms in total. The van der Waals surface area contributed by atoms with Gasteiger partial charge in [0.25, 0.3) is 0 Å². The summed E-state index contributed by atoms with van der Waals surface area (Å²) >= 11 is 1.34. The number of nitrogens with one attached hydrogen (secondary N) is 2. The first-order chi connectivity index (χ1) is 18.7. The number of hydrogen-bond acceptors (Lipinski definition) is 5. The van der Waals surface area contributed by atoms with Crippen molar-refractivity contribution in [2.45, 2.75) is 5.16 Å². The Hall–Kier alpha value is -4.82. The number of anilines is 1. The standard InChI is InChI=1S/C30H23N5O2S/c36-28(32-21-10-9-15-24(18-21)37-23-13-5-2-6-14-23)20-38-30-34-33-29(35(30)22-11-3-1-4-12-22)26-19-31-27-17-8-7-16-25(26)27/h1-19,31H,20H2,(H,32,36). The number of carbonyl (C=O) groups excluding carboxylic acids is 1. The fraction of sp³-hybridized carbons (Fsp3) is 0.0333. The maximum Gasteiger partial charge on any atom is 0.234 e. The predicted octanol–water partition coefficient (Wildman–Crippen LogP) is 6.94. The molecule has 0 fully saturated rings. The molecule has 0 bridgehead atoms. The lowest BCUT2D eigenvalue weighted by Gasteiger charge is -2.11. The molecular formula is C30H23N5O2S. The lowest BCUT2D eigenvalue weighted by molar-refractivity contribution is -0.113. The van der Waals surface area contributed by atoms with Crippen LogP contribution in [-0.2, 0) is 4.79 Å². The molecule has 2 aromatic heterocycles. The van der Waals surface area contributed by atoms with Crippen molar-refractivity contribution in [2.24, 2.45) is 0 Å². The van der Waals surface area contributed by atoms with Crippen LogP contribution in [0, 0.1) is 0 Å². The highest BCUT2D eigenvalue weighted by Gasteiger charge is 2.19. The van der Waals surface area contributed by atoms with Crippen molar-refractivity contribution >= 4 is 34.3 Å². The molecule has 8 heteroatoms. The van der Waals surface area contributed by atoms with Crippen molar-refractivity contribution in [3.05, 3.63) is 115 Å². The van der Waals surface area contributed by atoms with E-state index in [-0.39, 0.29) is 11.7 Å². The van der Waals surface area contributed by atoms with Gasteiger partial charge in [-0.05, 0) is 42.5 Å². The third kappa shape index (κ3) is 5.02. The van der Waals surface area contributed by atoms with E-state index in [1.54, 1.807) is 6.07 Å². The van der Waals surface area contributed by atoms with Gasteiger partial charge in [-0.3, -0.25) is 9.36 Å². The van der Waals surface area contributed by atoms with E-state index >= 15 is 0 Å². The number of para-hydroxylation sites is 3. The van der Waals surface area contributed by atoms with Crippen LogP contribution in [-0.4, -0.2) is 31.4 Å². The summed E-state index contributed by atoms with van der Waals surface area (Å²) in [6.45, 7) is 0. The topological polar surface area (TPSA) is 84.8 Å². The van der Waals surface area contributed by atoms with E-state index in [2.05, 4.69) is 26.6 Å². The van der Waals surface area contributed by atoms with Crippen molar-refractivity contribution in [2.75, 3.05) is 11.1 Å². The van der Waals surface area contributed by atoms with Crippen LogP contribution in [0.4, 0.5) is 5.69 Å². The minimum Gasteiger partial charge on any atom is -0.457 e. The smallest absolute Gasteiger partial charge is 0.234 e. The molecule has 38 heavy (non-hydrogen) atoms.